The highest BCUT2D eigenvalue weighted by Crippen LogP contribution is 2.25. The number of rotatable bonds is 1. The molecule has 15 heavy (non-hydrogen) atoms. The fraction of sp³-hybridized carbons (Fsp3) is 0.909. The number of hydrogen-bond donors (Lipinski definition) is 1. The maximum atomic E-state index is 4.74. The first-order valence-electron chi connectivity index (χ1n) is 5.90. The molecule has 3 nitrogen and oxygen atoms in total. The summed E-state index contributed by atoms with van der Waals surface area (Å²) in [7, 11) is 0. The molecule has 2 rings (SSSR count). The van der Waals surface area contributed by atoms with Crippen LogP contribution in [-0.2, 0) is 0 Å². The van der Waals surface area contributed by atoms with Gasteiger partial charge in [0.05, 0.1) is 5.54 Å². The quantitative estimate of drug-likeness (QED) is 0.744. The Morgan fingerprint density at radius 2 is 2.00 bits per heavy atom. The van der Waals surface area contributed by atoms with E-state index in [-0.39, 0.29) is 5.54 Å². The van der Waals surface area contributed by atoms with Crippen LogP contribution in [0.2, 0.25) is 0 Å². The lowest BCUT2D eigenvalue weighted by Crippen LogP contribution is -2.46. The molecule has 1 fully saturated rings. The van der Waals surface area contributed by atoms with E-state index in [9.17, 15) is 0 Å². The molecule has 0 radical (unpaired) electrons. The van der Waals surface area contributed by atoms with Crippen LogP contribution in [0.5, 0.6) is 0 Å². The van der Waals surface area contributed by atoms with Gasteiger partial charge in [0.15, 0.2) is 5.17 Å². The lowest BCUT2D eigenvalue weighted by Gasteiger charge is -2.32. The van der Waals surface area contributed by atoms with Crippen LogP contribution in [0.15, 0.2) is 4.99 Å². The van der Waals surface area contributed by atoms with Crippen molar-refractivity contribution in [2.45, 2.75) is 45.1 Å². The van der Waals surface area contributed by atoms with Gasteiger partial charge >= 0.3 is 0 Å². The van der Waals surface area contributed by atoms with Crippen LogP contribution in [0.25, 0.3) is 0 Å². The van der Waals surface area contributed by atoms with E-state index in [2.05, 4.69) is 24.3 Å². The van der Waals surface area contributed by atoms with Gasteiger partial charge in [-0.05, 0) is 33.1 Å². The summed E-state index contributed by atoms with van der Waals surface area (Å²) in [6.07, 6.45) is 5.19. The van der Waals surface area contributed by atoms with E-state index in [0.29, 0.717) is 0 Å². The zero-order valence-corrected chi connectivity index (χ0v) is 10.6. The van der Waals surface area contributed by atoms with Crippen molar-refractivity contribution in [3.63, 3.8) is 0 Å². The lowest BCUT2D eigenvalue weighted by atomic mass is 10.0. The van der Waals surface area contributed by atoms with E-state index >= 15 is 0 Å². The predicted molar refractivity (Wildman–Crippen MR) is 67.1 cm³/mol. The molecule has 0 aromatic carbocycles. The Balaban J connectivity index is 1.90. The fourth-order valence-electron chi connectivity index (χ4n) is 1.96. The average Bonchev–Trinajstić information content (AvgIpc) is 2.17. The molecule has 0 aromatic rings. The molecular weight excluding hydrogens is 206 g/mol. The maximum Gasteiger partial charge on any atom is 0.171 e. The Kier molecular flexibility index (Phi) is 3.57. The number of amidine groups is 1. The van der Waals surface area contributed by atoms with E-state index in [1.54, 1.807) is 0 Å². The Morgan fingerprint density at radius 1 is 1.27 bits per heavy atom. The highest BCUT2D eigenvalue weighted by molar-refractivity contribution is 8.13. The predicted octanol–water partition coefficient (Wildman–Crippen LogP) is 2.25. The number of piperidine rings is 1. The highest BCUT2D eigenvalue weighted by atomic mass is 32.2. The molecular formula is C11H21N3S. The molecule has 0 aromatic heterocycles. The molecule has 2 heterocycles. The van der Waals surface area contributed by atoms with Crippen LogP contribution in [0.4, 0.5) is 0 Å². The summed E-state index contributed by atoms with van der Waals surface area (Å²) in [6.45, 7) is 6.76. The topological polar surface area (TPSA) is 27.6 Å². The number of thioether (sulfide) groups is 1. The first-order chi connectivity index (χ1) is 7.16. The van der Waals surface area contributed by atoms with Crippen LogP contribution in [0, 0.1) is 0 Å². The highest BCUT2D eigenvalue weighted by Gasteiger charge is 2.23. The standard InChI is InChI=1S/C11H21N3S/c1-11(2)6-9-15-10(12-11)13-14-7-4-3-5-8-14/h3-9H2,1-2H3,(H,12,13). The van der Waals surface area contributed by atoms with E-state index in [1.165, 1.54) is 44.5 Å². The van der Waals surface area contributed by atoms with Gasteiger partial charge in [0, 0.05) is 18.8 Å². The summed E-state index contributed by atoms with van der Waals surface area (Å²) in [5, 5.41) is 3.43. The second-order valence-electron chi connectivity index (χ2n) is 4.99. The van der Waals surface area contributed by atoms with E-state index in [1.807, 2.05) is 11.8 Å². The zero-order chi connectivity index (χ0) is 10.7. The summed E-state index contributed by atoms with van der Waals surface area (Å²) in [4.78, 5) is 4.74. The monoisotopic (exact) mass is 227 g/mol. The summed E-state index contributed by atoms with van der Waals surface area (Å²) in [6, 6.07) is 0. The van der Waals surface area contributed by atoms with Gasteiger partial charge in [0.25, 0.3) is 0 Å². The second-order valence-corrected chi connectivity index (χ2v) is 6.07. The normalized spacial score (nSPS) is 27.2. The molecule has 0 spiro atoms. The van der Waals surface area contributed by atoms with Gasteiger partial charge in [-0.3, -0.25) is 10.4 Å². The molecule has 0 bridgehead atoms. The summed E-state index contributed by atoms with van der Waals surface area (Å²) < 4.78 is 0. The van der Waals surface area contributed by atoms with Gasteiger partial charge < -0.3 is 0 Å². The number of nitrogens with one attached hydrogen (secondary N) is 1. The molecule has 86 valence electrons. The minimum atomic E-state index is 0.128. The molecule has 0 aliphatic carbocycles. The fourth-order valence-corrected chi connectivity index (χ4v) is 3.26. The van der Waals surface area contributed by atoms with E-state index in [4.69, 9.17) is 4.99 Å². The molecule has 0 atom stereocenters. The molecule has 1 N–H and O–H groups in total. The number of hydrazine groups is 1. The van der Waals surface area contributed by atoms with Gasteiger partial charge in [-0.2, -0.15) is 0 Å². The number of nitrogens with zero attached hydrogens (tertiary/aromatic N) is 2. The van der Waals surface area contributed by atoms with Crippen LogP contribution in [0.1, 0.15) is 39.5 Å². The van der Waals surface area contributed by atoms with E-state index in [0.717, 1.165) is 5.17 Å². The van der Waals surface area contributed by atoms with Crippen molar-refractivity contribution in [2.75, 3.05) is 18.8 Å². The van der Waals surface area contributed by atoms with E-state index < -0.39 is 0 Å². The van der Waals surface area contributed by atoms with Crippen LogP contribution >= 0.6 is 11.8 Å². The minimum Gasteiger partial charge on any atom is -0.298 e. The number of aliphatic imine (C=N–C) groups is 1. The first-order valence-corrected chi connectivity index (χ1v) is 6.89. The third-order valence-electron chi connectivity index (χ3n) is 2.97. The Morgan fingerprint density at radius 3 is 2.67 bits per heavy atom. The average molecular weight is 227 g/mol. The van der Waals surface area contributed by atoms with Gasteiger partial charge in [0.1, 0.15) is 0 Å². The molecule has 4 heteroatoms. The summed E-state index contributed by atoms with van der Waals surface area (Å²) >= 11 is 1.86. The van der Waals surface area contributed by atoms with Crippen molar-refractivity contribution < 1.29 is 0 Å². The number of hydrogen-bond acceptors (Lipinski definition) is 4. The molecule has 0 saturated carbocycles. The van der Waals surface area contributed by atoms with Gasteiger partial charge in [-0.15, -0.1) is 0 Å². The first kappa shape index (κ1) is 11.3. The summed E-state index contributed by atoms with van der Waals surface area (Å²) in [5.41, 5.74) is 3.59. The lowest BCUT2D eigenvalue weighted by molar-refractivity contribution is 0.195. The van der Waals surface area contributed by atoms with Crippen molar-refractivity contribution in [1.82, 2.24) is 10.4 Å². The second kappa shape index (κ2) is 4.74. The molecule has 0 amide bonds. The summed E-state index contributed by atoms with van der Waals surface area (Å²) in [5.74, 6) is 1.19. The smallest absolute Gasteiger partial charge is 0.171 e. The zero-order valence-electron chi connectivity index (χ0n) is 9.75. The Bertz CT molecular complexity index is 244. The van der Waals surface area contributed by atoms with Gasteiger partial charge in [-0.1, -0.05) is 18.2 Å². The Hall–Kier alpha value is -0.220. The Labute approximate surface area is 96.7 Å². The van der Waals surface area contributed by atoms with Crippen LogP contribution in [-0.4, -0.2) is 34.6 Å². The van der Waals surface area contributed by atoms with Crippen LogP contribution < -0.4 is 5.43 Å². The molecule has 0 unspecified atom stereocenters. The SMILES string of the molecule is CC1(C)CCSC(NN2CCCCC2)=N1. The largest absolute Gasteiger partial charge is 0.298 e. The van der Waals surface area contributed by atoms with Gasteiger partial charge in [-0.25, -0.2) is 5.01 Å². The molecule has 1 saturated heterocycles. The minimum absolute atomic E-state index is 0.128. The van der Waals surface area contributed by atoms with Crippen molar-refractivity contribution in [2.24, 2.45) is 4.99 Å². The maximum absolute atomic E-state index is 4.74. The van der Waals surface area contributed by atoms with Crippen molar-refractivity contribution in [3.05, 3.63) is 0 Å². The van der Waals surface area contributed by atoms with Crippen LogP contribution in [0.3, 0.4) is 0 Å². The van der Waals surface area contributed by atoms with Crippen molar-refractivity contribution in [1.29, 1.82) is 0 Å². The third-order valence-corrected chi connectivity index (χ3v) is 3.83. The van der Waals surface area contributed by atoms with Crippen molar-refractivity contribution in [3.8, 4) is 0 Å². The third kappa shape index (κ3) is 3.38. The van der Waals surface area contributed by atoms with Crippen molar-refractivity contribution >= 4 is 16.9 Å². The molecule has 2 aliphatic heterocycles. The molecule has 2 aliphatic rings. The van der Waals surface area contributed by atoms with Gasteiger partial charge in [0.2, 0.25) is 0 Å².